The molecule has 8 N–H and O–H groups in total. The lowest BCUT2D eigenvalue weighted by molar-refractivity contribution is -0.355. The quantitative estimate of drug-likeness (QED) is 0.243. The standard InChI is InChI=1S/C12H22O11/c13-1-3-5(15)6(16)9(19)12(22-3)23-10-4(2-14)21-11(20)8(18)7(10)17/h3-20H,1-2H2/t3-,4-,5-,6+,7-,8-,9-,10+,11?,12+/m1/s1. The lowest BCUT2D eigenvalue weighted by atomic mass is 9.97. The second-order valence-electron chi connectivity index (χ2n) is 5.53. The number of aliphatic hydroxyl groups is 8. The molecule has 0 saturated carbocycles. The Morgan fingerprint density at radius 3 is 1.83 bits per heavy atom. The van der Waals surface area contributed by atoms with Gasteiger partial charge in [0.2, 0.25) is 0 Å². The highest BCUT2D eigenvalue weighted by Crippen LogP contribution is 2.28. The minimum absolute atomic E-state index is 0.667. The van der Waals surface area contributed by atoms with Gasteiger partial charge in [-0.15, -0.1) is 0 Å². The smallest absolute Gasteiger partial charge is 0.187 e. The molecule has 2 rings (SSSR count). The predicted octanol–water partition coefficient (Wildman–Crippen LogP) is -5.40. The zero-order valence-corrected chi connectivity index (χ0v) is 12.0. The topological polar surface area (TPSA) is 190 Å². The molecule has 0 amide bonds. The molecule has 23 heavy (non-hydrogen) atoms. The van der Waals surface area contributed by atoms with Crippen molar-refractivity contribution in [3.63, 3.8) is 0 Å². The lowest BCUT2D eigenvalue weighted by Crippen LogP contribution is -2.64. The molecule has 0 bridgehead atoms. The maximum Gasteiger partial charge on any atom is 0.187 e. The second-order valence-corrected chi connectivity index (χ2v) is 5.53. The molecule has 2 heterocycles. The van der Waals surface area contributed by atoms with Crippen LogP contribution >= 0.6 is 0 Å². The van der Waals surface area contributed by atoms with E-state index in [1.54, 1.807) is 0 Å². The summed E-state index contributed by atoms with van der Waals surface area (Å²) in [4.78, 5) is 0. The fourth-order valence-corrected chi connectivity index (χ4v) is 2.57. The van der Waals surface area contributed by atoms with Crippen molar-refractivity contribution >= 4 is 0 Å². The van der Waals surface area contributed by atoms with Crippen LogP contribution in [0.2, 0.25) is 0 Å². The van der Waals surface area contributed by atoms with Gasteiger partial charge in [0.15, 0.2) is 12.6 Å². The van der Waals surface area contributed by atoms with Gasteiger partial charge in [0.1, 0.15) is 48.8 Å². The van der Waals surface area contributed by atoms with Gasteiger partial charge in [-0.25, -0.2) is 0 Å². The second kappa shape index (κ2) is 7.63. The van der Waals surface area contributed by atoms with Crippen molar-refractivity contribution in [3.8, 4) is 0 Å². The molecule has 2 aliphatic rings. The average Bonchev–Trinajstić information content (AvgIpc) is 2.55. The van der Waals surface area contributed by atoms with Crippen LogP contribution in [-0.2, 0) is 14.2 Å². The van der Waals surface area contributed by atoms with E-state index in [-0.39, 0.29) is 0 Å². The molecule has 0 spiro atoms. The first-order valence-corrected chi connectivity index (χ1v) is 7.08. The van der Waals surface area contributed by atoms with Gasteiger partial charge < -0.3 is 55.1 Å². The maximum absolute atomic E-state index is 9.94. The van der Waals surface area contributed by atoms with Crippen LogP contribution in [0.25, 0.3) is 0 Å². The number of rotatable bonds is 4. The minimum atomic E-state index is -1.74. The first-order chi connectivity index (χ1) is 10.8. The van der Waals surface area contributed by atoms with Crippen molar-refractivity contribution in [1.82, 2.24) is 0 Å². The Hall–Kier alpha value is -0.440. The van der Waals surface area contributed by atoms with E-state index in [9.17, 15) is 35.7 Å². The van der Waals surface area contributed by atoms with Crippen molar-refractivity contribution in [1.29, 1.82) is 0 Å². The highest BCUT2D eigenvalue weighted by Gasteiger charge is 2.50. The van der Waals surface area contributed by atoms with E-state index in [1.165, 1.54) is 0 Å². The predicted molar refractivity (Wildman–Crippen MR) is 68.6 cm³/mol. The van der Waals surface area contributed by atoms with Gasteiger partial charge in [-0.1, -0.05) is 0 Å². The van der Waals surface area contributed by atoms with Crippen molar-refractivity contribution < 1.29 is 55.1 Å². The third-order valence-electron chi connectivity index (χ3n) is 3.98. The summed E-state index contributed by atoms with van der Waals surface area (Å²) in [6.45, 7) is -1.35. The van der Waals surface area contributed by atoms with Crippen LogP contribution in [0.1, 0.15) is 0 Å². The molecule has 0 aromatic rings. The van der Waals surface area contributed by atoms with Crippen LogP contribution in [0.15, 0.2) is 0 Å². The highest BCUT2D eigenvalue weighted by molar-refractivity contribution is 4.93. The summed E-state index contributed by atoms with van der Waals surface area (Å²) >= 11 is 0. The molecule has 2 fully saturated rings. The Bertz CT molecular complexity index is 378. The SMILES string of the molecule is OC[C@H]1O[C@@H](O[C@@H]2[C@H](O)[C@@H](O)C(O)O[C@@H]2CO)[C@H](O)[C@@H](O)[C@@H]1O. The van der Waals surface area contributed by atoms with Crippen LogP contribution in [-0.4, -0.2) is 115 Å². The molecule has 0 radical (unpaired) electrons. The third kappa shape index (κ3) is 3.65. The Morgan fingerprint density at radius 2 is 1.26 bits per heavy atom. The van der Waals surface area contributed by atoms with Crippen molar-refractivity contribution in [2.24, 2.45) is 0 Å². The van der Waals surface area contributed by atoms with Gasteiger partial charge in [0.05, 0.1) is 13.2 Å². The Morgan fingerprint density at radius 1 is 0.652 bits per heavy atom. The van der Waals surface area contributed by atoms with Gasteiger partial charge in [0, 0.05) is 0 Å². The number of aliphatic hydroxyl groups excluding tert-OH is 8. The third-order valence-corrected chi connectivity index (χ3v) is 3.98. The van der Waals surface area contributed by atoms with Gasteiger partial charge >= 0.3 is 0 Å². The first kappa shape index (κ1) is 18.9. The molecule has 11 heteroatoms. The molecule has 0 aliphatic carbocycles. The van der Waals surface area contributed by atoms with E-state index in [0.29, 0.717) is 0 Å². The first-order valence-electron chi connectivity index (χ1n) is 7.08. The summed E-state index contributed by atoms with van der Waals surface area (Å²) in [6, 6.07) is 0. The largest absolute Gasteiger partial charge is 0.394 e. The zero-order valence-electron chi connectivity index (χ0n) is 12.0. The van der Waals surface area contributed by atoms with Crippen LogP contribution in [0, 0.1) is 0 Å². The summed E-state index contributed by atoms with van der Waals surface area (Å²) in [6.07, 6.45) is -15.6. The Kier molecular flexibility index (Phi) is 6.27. The molecular weight excluding hydrogens is 320 g/mol. The monoisotopic (exact) mass is 342 g/mol. The van der Waals surface area contributed by atoms with E-state index in [2.05, 4.69) is 0 Å². The molecule has 0 aromatic heterocycles. The summed E-state index contributed by atoms with van der Waals surface area (Å²) in [5.74, 6) is 0. The van der Waals surface area contributed by atoms with E-state index >= 15 is 0 Å². The van der Waals surface area contributed by atoms with Gasteiger partial charge in [-0.2, -0.15) is 0 Å². The Balaban J connectivity index is 2.11. The summed E-state index contributed by atoms with van der Waals surface area (Å²) in [5.41, 5.74) is 0. The molecule has 2 aliphatic heterocycles. The summed E-state index contributed by atoms with van der Waals surface area (Å²) < 4.78 is 15.3. The van der Waals surface area contributed by atoms with Gasteiger partial charge in [-0.3, -0.25) is 0 Å². The van der Waals surface area contributed by atoms with Gasteiger partial charge in [-0.05, 0) is 0 Å². The molecule has 0 aromatic carbocycles. The van der Waals surface area contributed by atoms with Crippen molar-refractivity contribution in [2.75, 3.05) is 13.2 Å². The normalized spacial score (nSPS) is 51.7. The maximum atomic E-state index is 9.94. The molecule has 1 unspecified atom stereocenters. The van der Waals surface area contributed by atoms with Crippen LogP contribution < -0.4 is 0 Å². The van der Waals surface area contributed by atoms with Gasteiger partial charge in [0.25, 0.3) is 0 Å². The van der Waals surface area contributed by atoms with Crippen molar-refractivity contribution in [3.05, 3.63) is 0 Å². The van der Waals surface area contributed by atoms with E-state index in [4.69, 9.17) is 19.3 Å². The summed E-state index contributed by atoms with van der Waals surface area (Å²) in [5, 5.41) is 76.5. The highest BCUT2D eigenvalue weighted by atomic mass is 16.7. The minimum Gasteiger partial charge on any atom is -0.394 e. The van der Waals surface area contributed by atoms with Crippen molar-refractivity contribution in [2.45, 2.75) is 61.4 Å². The average molecular weight is 342 g/mol. The number of hydrogen-bond acceptors (Lipinski definition) is 11. The van der Waals surface area contributed by atoms with Crippen LogP contribution in [0.3, 0.4) is 0 Å². The molecule has 2 saturated heterocycles. The van der Waals surface area contributed by atoms with E-state index < -0.39 is 74.6 Å². The molecule has 10 atom stereocenters. The number of ether oxygens (including phenoxy) is 3. The van der Waals surface area contributed by atoms with E-state index in [0.717, 1.165) is 0 Å². The Labute approximate surface area is 130 Å². The molecule has 136 valence electrons. The van der Waals surface area contributed by atoms with Crippen LogP contribution in [0.4, 0.5) is 0 Å². The van der Waals surface area contributed by atoms with Crippen LogP contribution in [0.5, 0.6) is 0 Å². The summed E-state index contributed by atoms with van der Waals surface area (Å²) in [7, 11) is 0. The number of hydrogen-bond donors (Lipinski definition) is 8. The fourth-order valence-electron chi connectivity index (χ4n) is 2.57. The molecular formula is C12H22O11. The molecule has 11 nitrogen and oxygen atoms in total. The van der Waals surface area contributed by atoms with E-state index in [1.807, 2.05) is 0 Å². The zero-order chi connectivity index (χ0) is 17.3. The lowest BCUT2D eigenvalue weighted by Gasteiger charge is -2.45. The fraction of sp³-hybridized carbons (Fsp3) is 1.00.